The van der Waals surface area contributed by atoms with Crippen molar-refractivity contribution >= 4 is 29.1 Å². The summed E-state index contributed by atoms with van der Waals surface area (Å²) in [5, 5.41) is 23.1. The van der Waals surface area contributed by atoms with Crippen molar-refractivity contribution in [2.24, 2.45) is 0 Å². The lowest BCUT2D eigenvalue weighted by atomic mass is 9.84. The molecule has 0 radical (unpaired) electrons. The Morgan fingerprint density at radius 2 is 1.38 bits per heavy atom. The Morgan fingerprint density at radius 1 is 0.810 bits per heavy atom. The summed E-state index contributed by atoms with van der Waals surface area (Å²) in [6.07, 6.45) is -3.87. The zero-order valence-electron chi connectivity index (χ0n) is 23.2. The number of hydrogen-bond acceptors (Lipinski definition) is 10. The molecule has 2 aliphatic heterocycles. The van der Waals surface area contributed by atoms with E-state index in [9.17, 15) is 24.6 Å². The summed E-state index contributed by atoms with van der Waals surface area (Å²) in [6, 6.07) is 24.7. The molecule has 3 aromatic rings. The normalized spacial score (nSPS) is 24.5. The fraction of sp³-hybridized carbons (Fsp3) is 0.281. The van der Waals surface area contributed by atoms with Gasteiger partial charge in [0.25, 0.3) is 0 Å². The maximum absolute atomic E-state index is 13.1. The van der Waals surface area contributed by atoms with Crippen LogP contribution in [0.4, 0.5) is 0 Å². The largest absolute Gasteiger partial charge is 0.492 e. The standard InChI is InChI=1S/C32H31NO9/c1-33(2)17-18-39-24-15-13-22(14-16-24)27(21-9-5-3-6-10-21)28(23-11-7-4-8-12-23)32(38)30-40-25(34)19-31(37,29(36)41-30)20-26(35)42-32/h3-16,30,37-38H,17-20H2,1-2H3/b28-27+. The van der Waals surface area contributed by atoms with Gasteiger partial charge in [0, 0.05) is 12.1 Å². The number of rotatable bonds is 8. The number of cyclic esters (lactones) is 1. The second kappa shape index (κ2) is 11.8. The lowest BCUT2D eigenvalue weighted by Gasteiger charge is -2.38. The molecule has 2 saturated heterocycles. The zero-order valence-corrected chi connectivity index (χ0v) is 23.2. The van der Waals surface area contributed by atoms with Crippen LogP contribution in [0.15, 0.2) is 84.9 Å². The molecule has 2 heterocycles. The number of nitrogens with zero attached hydrogens (tertiary/aromatic N) is 1. The fourth-order valence-electron chi connectivity index (χ4n) is 4.92. The van der Waals surface area contributed by atoms with Crippen molar-refractivity contribution in [1.82, 2.24) is 4.90 Å². The monoisotopic (exact) mass is 573 g/mol. The van der Waals surface area contributed by atoms with Crippen LogP contribution in [-0.2, 0) is 28.6 Å². The first-order chi connectivity index (χ1) is 20.1. The molecule has 0 aromatic heterocycles. The SMILES string of the molecule is CN(C)CCOc1ccc(/C(=C(\c2ccccc2)C2(O)OC(=O)CC3(O)CC(=O)OC2OC3=O)c2ccccc2)cc1. The summed E-state index contributed by atoms with van der Waals surface area (Å²) < 4.78 is 22.1. The molecule has 3 atom stereocenters. The van der Waals surface area contributed by atoms with Crippen molar-refractivity contribution in [2.75, 3.05) is 27.2 Å². The van der Waals surface area contributed by atoms with Crippen molar-refractivity contribution in [1.29, 1.82) is 0 Å². The lowest BCUT2D eigenvalue weighted by Crippen LogP contribution is -2.55. The Kier molecular flexibility index (Phi) is 8.13. The molecule has 3 unspecified atom stereocenters. The Bertz CT molecular complexity index is 1490. The Balaban J connectivity index is 1.74. The molecule has 2 N–H and O–H groups in total. The maximum Gasteiger partial charge on any atom is 0.342 e. The molecule has 10 heteroatoms. The van der Waals surface area contributed by atoms with Crippen LogP contribution in [0.2, 0.25) is 0 Å². The van der Waals surface area contributed by atoms with Crippen LogP contribution in [0.25, 0.3) is 11.1 Å². The van der Waals surface area contributed by atoms with Gasteiger partial charge in [0.2, 0.25) is 0 Å². The summed E-state index contributed by atoms with van der Waals surface area (Å²) in [5.74, 6) is -5.62. The van der Waals surface area contributed by atoms with Crippen molar-refractivity contribution in [3.05, 3.63) is 102 Å². The Labute approximate surface area is 242 Å². The van der Waals surface area contributed by atoms with Gasteiger partial charge in [-0.2, -0.15) is 0 Å². The van der Waals surface area contributed by atoms with Crippen LogP contribution < -0.4 is 4.74 Å². The third kappa shape index (κ3) is 5.91. The first-order valence-corrected chi connectivity index (χ1v) is 13.4. The highest BCUT2D eigenvalue weighted by molar-refractivity contribution is 6.02. The summed E-state index contributed by atoms with van der Waals surface area (Å²) in [5.41, 5.74) is -0.469. The van der Waals surface area contributed by atoms with Gasteiger partial charge in [0.1, 0.15) is 12.4 Å². The molecule has 2 aliphatic rings. The van der Waals surface area contributed by atoms with Crippen LogP contribution in [0.1, 0.15) is 29.5 Å². The molecule has 218 valence electrons. The summed E-state index contributed by atoms with van der Waals surface area (Å²) in [7, 11) is 3.90. The topological polar surface area (TPSA) is 132 Å². The number of ether oxygens (including phenoxy) is 4. The molecule has 10 nitrogen and oxygen atoms in total. The second-order valence-corrected chi connectivity index (χ2v) is 10.4. The van der Waals surface area contributed by atoms with Gasteiger partial charge < -0.3 is 34.1 Å². The summed E-state index contributed by atoms with van der Waals surface area (Å²) in [6.45, 7) is 1.20. The summed E-state index contributed by atoms with van der Waals surface area (Å²) in [4.78, 5) is 40.7. The molecule has 2 fully saturated rings. The van der Waals surface area contributed by atoms with Gasteiger partial charge in [-0.1, -0.05) is 72.8 Å². The molecular formula is C32H31NO9. The molecular weight excluding hydrogens is 542 g/mol. The highest BCUT2D eigenvalue weighted by Crippen LogP contribution is 2.45. The minimum absolute atomic E-state index is 0.00173. The molecule has 2 bridgehead atoms. The van der Waals surface area contributed by atoms with Crippen LogP contribution in [0.5, 0.6) is 5.75 Å². The average Bonchev–Trinajstić information content (AvgIpc) is 3.04. The Hall–Kier alpha value is -4.51. The molecule has 5 rings (SSSR count). The number of benzene rings is 3. The lowest BCUT2D eigenvalue weighted by molar-refractivity contribution is -0.285. The minimum Gasteiger partial charge on any atom is -0.492 e. The van der Waals surface area contributed by atoms with E-state index in [-0.39, 0.29) is 5.57 Å². The number of carbonyl (C=O) groups is 3. The smallest absolute Gasteiger partial charge is 0.342 e. The van der Waals surface area contributed by atoms with Gasteiger partial charge in [0.05, 0.1) is 12.8 Å². The number of aliphatic hydroxyl groups is 2. The van der Waals surface area contributed by atoms with Gasteiger partial charge in [-0.25, -0.2) is 4.79 Å². The van der Waals surface area contributed by atoms with E-state index >= 15 is 0 Å². The van der Waals surface area contributed by atoms with E-state index in [2.05, 4.69) is 0 Å². The van der Waals surface area contributed by atoms with Crippen molar-refractivity contribution < 1.29 is 43.5 Å². The van der Waals surface area contributed by atoms with E-state index in [1.54, 1.807) is 78.9 Å². The van der Waals surface area contributed by atoms with E-state index < -0.39 is 48.4 Å². The van der Waals surface area contributed by atoms with E-state index in [4.69, 9.17) is 18.9 Å². The minimum atomic E-state index is -2.80. The molecule has 0 amide bonds. The van der Waals surface area contributed by atoms with Crippen molar-refractivity contribution in [3.63, 3.8) is 0 Å². The molecule has 0 aliphatic carbocycles. The van der Waals surface area contributed by atoms with Gasteiger partial charge >= 0.3 is 30.0 Å². The van der Waals surface area contributed by atoms with Gasteiger partial charge in [-0.15, -0.1) is 0 Å². The first-order valence-electron chi connectivity index (χ1n) is 13.4. The number of esters is 3. The van der Waals surface area contributed by atoms with E-state index in [0.29, 0.717) is 34.6 Å². The fourth-order valence-corrected chi connectivity index (χ4v) is 4.92. The van der Waals surface area contributed by atoms with E-state index in [1.807, 2.05) is 25.1 Å². The quantitative estimate of drug-likeness (QED) is 0.306. The number of carbonyl (C=O) groups excluding carboxylic acids is 3. The van der Waals surface area contributed by atoms with Gasteiger partial charge in [-0.3, -0.25) is 9.59 Å². The molecule has 0 saturated carbocycles. The predicted octanol–water partition coefficient (Wildman–Crippen LogP) is 2.77. The predicted molar refractivity (Wildman–Crippen MR) is 150 cm³/mol. The highest BCUT2D eigenvalue weighted by atomic mass is 16.8. The number of fused-ring (bicyclic) bond motifs is 3. The number of hydrogen-bond donors (Lipinski definition) is 2. The zero-order chi connectivity index (χ0) is 29.9. The molecule has 42 heavy (non-hydrogen) atoms. The van der Waals surface area contributed by atoms with Crippen LogP contribution >= 0.6 is 0 Å². The average molecular weight is 574 g/mol. The first kappa shape index (κ1) is 29.0. The Morgan fingerprint density at radius 3 is 2.00 bits per heavy atom. The van der Waals surface area contributed by atoms with Gasteiger partial charge in [-0.05, 0) is 48.5 Å². The molecule has 0 spiro atoms. The highest BCUT2D eigenvalue weighted by Gasteiger charge is 2.59. The molecule has 3 aromatic carbocycles. The van der Waals surface area contributed by atoms with Crippen LogP contribution in [-0.4, -0.2) is 77.9 Å². The van der Waals surface area contributed by atoms with E-state index in [1.165, 1.54) is 0 Å². The van der Waals surface area contributed by atoms with Gasteiger partial charge in [0.15, 0.2) is 5.60 Å². The summed E-state index contributed by atoms with van der Waals surface area (Å²) >= 11 is 0. The van der Waals surface area contributed by atoms with Crippen molar-refractivity contribution in [3.8, 4) is 5.75 Å². The number of likely N-dealkylation sites (N-methyl/N-ethyl adjacent to an activating group) is 1. The third-order valence-electron chi connectivity index (χ3n) is 6.98. The maximum atomic E-state index is 13.1. The van der Waals surface area contributed by atoms with Crippen LogP contribution in [0, 0.1) is 0 Å². The van der Waals surface area contributed by atoms with Crippen molar-refractivity contribution in [2.45, 2.75) is 30.5 Å². The second-order valence-electron chi connectivity index (χ2n) is 10.4. The van der Waals surface area contributed by atoms with Crippen LogP contribution in [0.3, 0.4) is 0 Å². The van der Waals surface area contributed by atoms with E-state index in [0.717, 1.165) is 6.54 Å². The third-order valence-corrected chi connectivity index (χ3v) is 6.98.